The first-order chi connectivity index (χ1) is 10.8. The molecular formula is C16H20FNO5. The summed E-state index contributed by atoms with van der Waals surface area (Å²) >= 11 is 0. The zero-order chi connectivity index (χ0) is 17.4. The summed E-state index contributed by atoms with van der Waals surface area (Å²) in [5.74, 6) is -2.20. The number of rotatable bonds is 9. The summed E-state index contributed by atoms with van der Waals surface area (Å²) in [7, 11) is 1.33. The average Bonchev–Trinajstić information content (AvgIpc) is 2.50. The van der Waals surface area contributed by atoms with Crippen molar-refractivity contribution < 1.29 is 28.6 Å². The van der Waals surface area contributed by atoms with Crippen LogP contribution in [0.25, 0.3) is 0 Å². The number of carbonyl (C=O) groups excluding carboxylic acids is 2. The van der Waals surface area contributed by atoms with Crippen molar-refractivity contribution in [3.8, 4) is 5.75 Å². The Hall–Kier alpha value is -2.44. The van der Waals surface area contributed by atoms with Crippen LogP contribution in [0.5, 0.6) is 5.75 Å². The summed E-state index contributed by atoms with van der Waals surface area (Å²) in [6.45, 7) is 1.70. The number of carboxylic acids is 1. The number of amides is 1. The van der Waals surface area contributed by atoms with Crippen LogP contribution in [0.15, 0.2) is 18.2 Å². The molecule has 0 fully saturated rings. The number of carboxylic acid groups (broad SMARTS) is 1. The number of hydrogen-bond donors (Lipinski definition) is 2. The predicted octanol–water partition coefficient (Wildman–Crippen LogP) is 2.17. The van der Waals surface area contributed by atoms with Gasteiger partial charge in [0.2, 0.25) is 5.91 Å². The predicted molar refractivity (Wildman–Crippen MR) is 81.0 cm³/mol. The SMILES string of the molecule is COc1ccc(C(=O)CCC(=O)NC(C)CCC(=O)O)cc1F. The van der Waals surface area contributed by atoms with Crippen molar-refractivity contribution in [3.63, 3.8) is 0 Å². The fourth-order valence-electron chi connectivity index (χ4n) is 1.97. The van der Waals surface area contributed by atoms with E-state index in [2.05, 4.69) is 5.32 Å². The van der Waals surface area contributed by atoms with Crippen LogP contribution in [-0.4, -0.2) is 35.9 Å². The lowest BCUT2D eigenvalue weighted by atomic mass is 10.1. The Morgan fingerprint density at radius 2 is 1.96 bits per heavy atom. The summed E-state index contributed by atoms with van der Waals surface area (Å²) < 4.78 is 18.3. The van der Waals surface area contributed by atoms with Gasteiger partial charge in [0, 0.05) is 30.9 Å². The first-order valence-corrected chi connectivity index (χ1v) is 7.21. The van der Waals surface area contributed by atoms with Crippen molar-refractivity contribution >= 4 is 17.7 Å². The third-order valence-electron chi connectivity index (χ3n) is 3.25. The maximum absolute atomic E-state index is 13.5. The maximum atomic E-state index is 13.5. The van der Waals surface area contributed by atoms with Gasteiger partial charge in [-0.1, -0.05) is 0 Å². The van der Waals surface area contributed by atoms with Gasteiger partial charge in [-0.05, 0) is 31.5 Å². The molecule has 126 valence electrons. The monoisotopic (exact) mass is 325 g/mol. The number of aliphatic carboxylic acids is 1. The van der Waals surface area contributed by atoms with E-state index in [1.807, 2.05) is 0 Å². The molecule has 1 amide bonds. The molecule has 0 saturated heterocycles. The minimum Gasteiger partial charge on any atom is -0.494 e. The molecular weight excluding hydrogens is 305 g/mol. The minimum absolute atomic E-state index is 0.0362. The molecule has 0 heterocycles. The van der Waals surface area contributed by atoms with E-state index in [9.17, 15) is 18.8 Å². The first kappa shape index (κ1) is 18.6. The summed E-state index contributed by atoms with van der Waals surface area (Å²) in [6, 6.07) is 3.59. The third-order valence-corrected chi connectivity index (χ3v) is 3.25. The third kappa shape index (κ3) is 6.46. The fourth-order valence-corrected chi connectivity index (χ4v) is 1.97. The van der Waals surface area contributed by atoms with E-state index in [4.69, 9.17) is 9.84 Å². The number of Topliss-reactive ketones (excluding diaryl/α,β-unsaturated/α-hetero) is 1. The number of ether oxygens (including phenoxy) is 1. The second kappa shape index (κ2) is 8.87. The molecule has 0 bridgehead atoms. The molecule has 1 unspecified atom stereocenters. The molecule has 0 saturated carbocycles. The van der Waals surface area contributed by atoms with Crippen LogP contribution in [0.2, 0.25) is 0 Å². The van der Waals surface area contributed by atoms with Crippen LogP contribution < -0.4 is 10.1 Å². The van der Waals surface area contributed by atoms with Gasteiger partial charge in [0.15, 0.2) is 17.3 Å². The average molecular weight is 325 g/mol. The Morgan fingerprint density at radius 1 is 1.26 bits per heavy atom. The lowest BCUT2D eigenvalue weighted by Crippen LogP contribution is -2.33. The lowest BCUT2D eigenvalue weighted by Gasteiger charge is -2.12. The Bertz CT molecular complexity index is 588. The molecule has 0 aromatic heterocycles. The molecule has 1 atom stereocenters. The molecule has 23 heavy (non-hydrogen) atoms. The largest absolute Gasteiger partial charge is 0.494 e. The van der Waals surface area contributed by atoms with Crippen molar-refractivity contribution in [2.45, 2.75) is 38.6 Å². The van der Waals surface area contributed by atoms with Crippen LogP contribution >= 0.6 is 0 Å². The van der Waals surface area contributed by atoms with E-state index in [-0.39, 0.29) is 48.3 Å². The summed E-state index contributed by atoms with van der Waals surface area (Å²) in [5.41, 5.74) is 0.176. The lowest BCUT2D eigenvalue weighted by molar-refractivity contribution is -0.137. The van der Waals surface area contributed by atoms with E-state index < -0.39 is 11.8 Å². The summed E-state index contributed by atoms with van der Waals surface area (Å²) in [6.07, 6.45) is 0.192. The Balaban J connectivity index is 2.44. The second-order valence-corrected chi connectivity index (χ2v) is 5.17. The summed E-state index contributed by atoms with van der Waals surface area (Å²) in [5, 5.41) is 11.2. The zero-order valence-electron chi connectivity index (χ0n) is 13.1. The molecule has 7 heteroatoms. The highest BCUT2D eigenvalue weighted by molar-refractivity contribution is 5.98. The molecule has 1 aromatic carbocycles. The van der Waals surface area contributed by atoms with E-state index in [0.717, 1.165) is 6.07 Å². The molecule has 0 aliphatic carbocycles. The van der Waals surface area contributed by atoms with Gasteiger partial charge in [-0.2, -0.15) is 0 Å². The number of hydrogen-bond acceptors (Lipinski definition) is 4. The van der Waals surface area contributed by atoms with E-state index >= 15 is 0 Å². The Labute approximate surface area is 133 Å². The highest BCUT2D eigenvalue weighted by Gasteiger charge is 2.14. The number of nitrogens with one attached hydrogen (secondary N) is 1. The van der Waals surface area contributed by atoms with Gasteiger partial charge in [-0.15, -0.1) is 0 Å². The van der Waals surface area contributed by atoms with Crippen LogP contribution in [0.1, 0.15) is 43.0 Å². The second-order valence-electron chi connectivity index (χ2n) is 5.17. The summed E-state index contributed by atoms with van der Waals surface area (Å²) in [4.78, 5) is 34.1. The van der Waals surface area contributed by atoms with Gasteiger partial charge < -0.3 is 15.2 Å². The normalized spacial score (nSPS) is 11.6. The first-order valence-electron chi connectivity index (χ1n) is 7.21. The highest BCUT2D eigenvalue weighted by atomic mass is 19.1. The standard InChI is InChI=1S/C16H20FNO5/c1-10(3-8-16(21)22)18-15(20)7-5-13(19)11-4-6-14(23-2)12(17)9-11/h4,6,9-10H,3,5,7-8H2,1-2H3,(H,18,20)(H,21,22). The fraction of sp³-hybridized carbons (Fsp3) is 0.438. The van der Waals surface area contributed by atoms with E-state index in [0.29, 0.717) is 6.42 Å². The number of halogens is 1. The molecule has 0 spiro atoms. The molecule has 0 aliphatic rings. The number of benzene rings is 1. The Kier molecular flexibility index (Phi) is 7.18. The maximum Gasteiger partial charge on any atom is 0.303 e. The van der Waals surface area contributed by atoms with Gasteiger partial charge >= 0.3 is 5.97 Å². The molecule has 0 aliphatic heterocycles. The molecule has 1 aromatic rings. The van der Waals surface area contributed by atoms with Crippen LogP contribution in [0.4, 0.5) is 4.39 Å². The van der Waals surface area contributed by atoms with Crippen molar-refractivity contribution in [1.82, 2.24) is 5.32 Å². The molecule has 2 N–H and O–H groups in total. The highest BCUT2D eigenvalue weighted by Crippen LogP contribution is 2.18. The quantitative estimate of drug-likeness (QED) is 0.679. The van der Waals surface area contributed by atoms with Crippen LogP contribution in [-0.2, 0) is 9.59 Å². The zero-order valence-corrected chi connectivity index (χ0v) is 13.1. The molecule has 0 radical (unpaired) electrons. The van der Waals surface area contributed by atoms with E-state index in [1.54, 1.807) is 6.92 Å². The van der Waals surface area contributed by atoms with Crippen LogP contribution in [0.3, 0.4) is 0 Å². The topological polar surface area (TPSA) is 92.7 Å². The van der Waals surface area contributed by atoms with E-state index in [1.165, 1.54) is 19.2 Å². The van der Waals surface area contributed by atoms with Crippen molar-refractivity contribution in [1.29, 1.82) is 0 Å². The molecule has 1 rings (SSSR count). The van der Waals surface area contributed by atoms with Gasteiger partial charge in [0.1, 0.15) is 0 Å². The number of ketones is 1. The Morgan fingerprint density at radius 3 is 2.52 bits per heavy atom. The minimum atomic E-state index is -0.928. The number of methoxy groups -OCH3 is 1. The van der Waals surface area contributed by atoms with Gasteiger partial charge in [-0.25, -0.2) is 4.39 Å². The number of carbonyl (C=O) groups is 3. The van der Waals surface area contributed by atoms with Gasteiger partial charge in [0.05, 0.1) is 7.11 Å². The van der Waals surface area contributed by atoms with Crippen molar-refractivity contribution in [2.24, 2.45) is 0 Å². The molecule has 6 nitrogen and oxygen atoms in total. The van der Waals surface area contributed by atoms with Crippen molar-refractivity contribution in [2.75, 3.05) is 7.11 Å². The smallest absolute Gasteiger partial charge is 0.303 e. The van der Waals surface area contributed by atoms with Gasteiger partial charge in [-0.3, -0.25) is 14.4 Å². The van der Waals surface area contributed by atoms with Crippen LogP contribution in [0, 0.1) is 5.82 Å². The van der Waals surface area contributed by atoms with Crippen molar-refractivity contribution in [3.05, 3.63) is 29.6 Å². The van der Waals surface area contributed by atoms with Gasteiger partial charge in [0.25, 0.3) is 0 Å².